The smallest absolute Gasteiger partial charge is 0.120 e. The Bertz CT molecular complexity index is 346. The molecule has 0 bridgehead atoms. The molecule has 0 fully saturated rings. The standard InChI is InChI=1S/C10H11Cl2NO/c1-7-6-8(2-3-9(7)13)14-5-4-10(11)12/h2-4,6H,5,13H2,1H3. The maximum absolute atomic E-state index is 5.66. The van der Waals surface area contributed by atoms with E-state index < -0.39 is 0 Å². The molecule has 2 N–H and O–H groups in total. The van der Waals surface area contributed by atoms with Gasteiger partial charge in [0.25, 0.3) is 0 Å². The summed E-state index contributed by atoms with van der Waals surface area (Å²) in [6, 6.07) is 5.47. The van der Waals surface area contributed by atoms with E-state index >= 15 is 0 Å². The zero-order chi connectivity index (χ0) is 10.6. The monoisotopic (exact) mass is 231 g/mol. The van der Waals surface area contributed by atoms with Crippen molar-refractivity contribution in [3.63, 3.8) is 0 Å². The van der Waals surface area contributed by atoms with E-state index in [9.17, 15) is 0 Å². The van der Waals surface area contributed by atoms with E-state index in [-0.39, 0.29) is 4.49 Å². The second kappa shape index (κ2) is 5.13. The molecule has 0 aliphatic rings. The number of benzene rings is 1. The Balaban J connectivity index is 2.60. The summed E-state index contributed by atoms with van der Waals surface area (Å²) in [6.45, 7) is 2.28. The second-order valence-electron chi connectivity index (χ2n) is 2.82. The summed E-state index contributed by atoms with van der Waals surface area (Å²) < 4.78 is 5.56. The zero-order valence-corrected chi connectivity index (χ0v) is 9.27. The van der Waals surface area contributed by atoms with Crippen molar-refractivity contribution in [2.24, 2.45) is 0 Å². The third kappa shape index (κ3) is 3.48. The number of nitrogen functional groups attached to an aromatic ring is 1. The van der Waals surface area contributed by atoms with Gasteiger partial charge < -0.3 is 10.5 Å². The number of hydrogen-bond acceptors (Lipinski definition) is 2. The molecule has 0 unspecified atom stereocenters. The van der Waals surface area contributed by atoms with Crippen molar-refractivity contribution < 1.29 is 4.74 Å². The van der Waals surface area contributed by atoms with Gasteiger partial charge in [-0.2, -0.15) is 0 Å². The van der Waals surface area contributed by atoms with E-state index in [1.54, 1.807) is 18.2 Å². The van der Waals surface area contributed by atoms with Gasteiger partial charge in [0.05, 0.1) is 0 Å². The molecule has 0 aliphatic carbocycles. The number of nitrogens with two attached hydrogens (primary N) is 1. The fourth-order valence-electron chi connectivity index (χ4n) is 0.939. The van der Waals surface area contributed by atoms with Gasteiger partial charge in [-0.3, -0.25) is 0 Å². The van der Waals surface area contributed by atoms with E-state index in [1.807, 2.05) is 13.0 Å². The average molecular weight is 232 g/mol. The lowest BCUT2D eigenvalue weighted by Gasteiger charge is -2.05. The van der Waals surface area contributed by atoms with E-state index in [0.29, 0.717) is 6.61 Å². The Morgan fingerprint density at radius 2 is 2.21 bits per heavy atom. The van der Waals surface area contributed by atoms with Gasteiger partial charge in [-0.1, -0.05) is 23.2 Å². The van der Waals surface area contributed by atoms with Crippen molar-refractivity contribution in [2.75, 3.05) is 12.3 Å². The van der Waals surface area contributed by atoms with Gasteiger partial charge >= 0.3 is 0 Å². The van der Waals surface area contributed by atoms with Crippen molar-refractivity contribution in [3.05, 3.63) is 34.3 Å². The Morgan fingerprint density at radius 3 is 2.79 bits per heavy atom. The normalized spacial score (nSPS) is 9.64. The van der Waals surface area contributed by atoms with Crippen LogP contribution >= 0.6 is 23.2 Å². The summed E-state index contributed by atoms with van der Waals surface area (Å²) in [5.41, 5.74) is 7.40. The average Bonchev–Trinajstić information content (AvgIpc) is 2.10. The van der Waals surface area contributed by atoms with Gasteiger partial charge in [-0.15, -0.1) is 0 Å². The Hall–Kier alpha value is -0.860. The predicted octanol–water partition coefficient (Wildman–Crippen LogP) is 3.28. The van der Waals surface area contributed by atoms with Crippen LogP contribution in [0.5, 0.6) is 5.75 Å². The number of ether oxygens (including phenoxy) is 1. The summed E-state index contributed by atoms with van der Waals surface area (Å²) in [5, 5.41) is 0. The number of anilines is 1. The Labute approximate surface area is 93.3 Å². The van der Waals surface area contributed by atoms with Gasteiger partial charge in [0.1, 0.15) is 16.8 Å². The molecule has 0 saturated carbocycles. The molecule has 0 amide bonds. The second-order valence-corrected chi connectivity index (χ2v) is 3.83. The maximum atomic E-state index is 5.66. The van der Waals surface area contributed by atoms with Gasteiger partial charge in [0, 0.05) is 5.69 Å². The molecule has 0 aliphatic heterocycles. The first-order valence-corrected chi connectivity index (χ1v) is 4.85. The van der Waals surface area contributed by atoms with Crippen LogP contribution in [0.2, 0.25) is 0 Å². The molecule has 2 nitrogen and oxygen atoms in total. The number of halogens is 2. The minimum absolute atomic E-state index is 0.206. The number of rotatable bonds is 3. The topological polar surface area (TPSA) is 35.2 Å². The van der Waals surface area contributed by atoms with Gasteiger partial charge in [0.2, 0.25) is 0 Å². The molecule has 1 rings (SSSR count). The van der Waals surface area contributed by atoms with Crippen molar-refractivity contribution in [2.45, 2.75) is 6.92 Å². The molecule has 0 saturated heterocycles. The Kier molecular flexibility index (Phi) is 4.11. The van der Waals surface area contributed by atoms with E-state index in [2.05, 4.69) is 0 Å². The third-order valence-electron chi connectivity index (χ3n) is 1.73. The molecule has 1 aromatic carbocycles. The first-order chi connectivity index (χ1) is 6.59. The van der Waals surface area contributed by atoms with Crippen LogP contribution < -0.4 is 10.5 Å². The van der Waals surface area contributed by atoms with Crippen molar-refractivity contribution in [1.29, 1.82) is 0 Å². The zero-order valence-electron chi connectivity index (χ0n) is 7.76. The molecule has 0 atom stereocenters. The predicted molar refractivity (Wildman–Crippen MR) is 60.9 cm³/mol. The largest absolute Gasteiger partial charge is 0.489 e. The summed E-state index contributed by atoms with van der Waals surface area (Å²) >= 11 is 10.9. The number of hydrogen-bond donors (Lipinski definition) is 1. The summed E-state index contributed by atoms with van der Waals surface area (Å²) in [6.07, 6.45) is 1.58. The summed E-state index contributed by atoms with van der Waals surface area (Å²) in [5.74, 6) is 0.752. The van der Waals surface area contributed by atoms with Gasteiger partial charge in [-0.05, 0) is 36.8 Å². The van der Waals surface area contributed by atoms with E-state index in [4.69, 9.17) is 33.7 Å². The van der Waals surface area contributed by atoms with Crippen LogP contribution in [0.25, 0.3) is 0 Å². The van der Waals surface area contributed by atoms with Crippen LogP contribution in [-0.2, 0) is 0 Å². The maximum Gasteiger partial charge on any atom is 0.120 e. The van der Waals surface area contributed by atoms with Crippen LogP contribution in [0.15, 0.2) is 28.8 Å². The first kappa shape index (κ1) is 11.2. The highest BCUT2D eigenvalue weighted by atomic mass is 35.5. The molecule has 76 valence electrons. The minimum atomic E-state index is 0.206. The molecule has 0 radical (unpaired) electrons. The third-order valence-corrected chi connectivity index (χ3v) is 2.04. The van der Waals surface area contributed by atoms with Crippen molar-refractivity contribution in [3.8, 4) is 5.75 Å². The quantitative estimate of drug-likeness (QED) is 0.811. The first-order valence-electron chi connectivity index (χ1n) is 4.09. The van der Waals surface area contributed by atoms with E-state index in [0.717, 1.165) is 17.0 Å². The van der Waals surface area contributed by atoms with Gasteiger partial charge in [0.15, 0.2) is 0 Å². The van der Waals surface area contributed by atoms with E-state index in [1.165, 1.54) is 0 Å². The minimum Gasteiger partial charge on any atom is -0.489 e. The summed E-state index contributed by atoms with van der Waals surface area (Å²) in [7, 11) is 0. The lowest BCUT2D eigenvalue weighted by molar-refractivity contribution is 0.362. The van der Waals surface area contributed by atoms with Crippen molar-refractivity contribution in [1.82, 2.24) is 0 Å². The molecule has 0 aromatic heterocycles. The van der Waals surface area contributed by atoms with Crippen LogP contribution in [-0.4, -0.2) is 6.61 Å². The van der Waals surface area contributed by atoms with Crippen LogP contribution in [0.1, 0.15) is 5.56 Å². The fraction of sp³-hybridized carbons (Fsp3) is 0.200. The number of aryl methyl sites for hydroxylation is 1. The Morgan fingerprint density at radius 1 is 1.50 bits per heavy atom. The van der Waals surface area contributed by atoms with Crippen LogP contribution in [0.4, 0.5) is 5.69 Å². The highest BCUT2D eigenvalue weighted by molar-refractivity contribution is 6.55. The highest BCUT2D eigenvalue weighted by Crippen LogP contribution is 2.18. The molecule has 14 heavy (non-hydrogen) atoms. The van der Waals surface area contributed by atoms with Crippen LogP contribution in [0, 0.1) is 6.92 Å². The van der Waals surface area contributed by atoms with Gasteiger partial charge in [-0.25, -0.2) is 0 Å². The molecule has 0 spiro atoms. The lowest BCUT2D eigenvalue weighted by atomic mass is 10.2. The van der Waals surface area contributed by atoms with Crippen molar-refractivity contribution >= 4 is 28.9 Å². The highest BCUT2D eigenvalue weighted by Gasteiger charge is 1.96. The molecule has 0 heterocycles. The summed E-state index contributed by atoms with van der Waals surface area (Å²) in [4.78, 5) is 0. The molecular weight excluding hydrogens is 221 g/mol. The lowest BCUT2D eigenvalue weighted by Crippen LogP contribution is -1.95. The van der Waals surface area contributed by atoms with Crippen LogP contribution in [0.3, 0.4) is 0 Å². The molecule has 4 heteroatoms. The molecular formula is C10H11Cl2NO. The SMILES string of the molecule is Cc1cc(OCC=C(Cl)Cl)ccc1N. The molecule has 1 aromatic rings. The fourth-order valence-corrected chi connectivity index (χ4v) is 1.06.